The molecule has 0 aromatic heterocycles. The quantitative estimate of drug-likeness (QED) is 0.111. The summed E-state index contributed by atoms with van der Waals surface area (Å²) in [6, 6.07) is -11.5. The highest BCUT2D eigenvalue weighted by molar-refractivity contribution is 6.00. The first-order chi connectivity index (χ1) is 47.0. The number of unbranched alkanes of at least 4 members (excludes halogenated alkanes) is 2. The molecule has 2 fully saturated rings. The summed E-state index contributed by atoms with van der Waals surface area (Å²) in [4.78, 5) is 189. The maximum absolute atomic E-state index is 15.5. The number of carbonyl (C=O) groups is 12. The first-order valence-corrected chi connectivity index (χ1v) is 36.9. The van der Waals surface area contributed by atoms with Gasteiger partial charge in [0.2, 0.25) is 53.2 Å². The third-order valence-electron chi connectivity index (χ3n) is 20.1. The number of Topliss-reactive ketones (excluding diaryl/α,β-unsaturated/α-hetero) is 2. The molecule has 0 unspecified atom stereocenters. The van der Waals surface area contributed by atoms with E-state index < -0.39 is 167 Å². The second-order valence-corrected chi connectivity index (χ2v) is 30.8. The van der Waals surface area contributed by atoms with Gasteiger partial charge in [-0.05, 0) is 121 Å². The molecule has 2 saturated heterocycles. The molecule has 2 heterocycles. The van der Waals surface area contributed by atoms with E-state index in [1.165, 1.54) is 92.6 Å². The van der Waals surface area contributed by atoms with Crippen molar-refractivity contribution in [3.8, 4) is 0 Å². The molecular weight excluding hydrogens is 1300 g/mol. The number of carbonyl (C=O) groups excluding carboxylic acids is 12. The zero-order chi connectivity index (χ0) is 77.4. The van der Waals surface area contributed by atoms with Crippen LogP contribution in [0.15, 0.2) is 0 Å². The highest BCUT2D eigenvalue weighted by atomic mass is 16.6. The van der Waals surface area contributed by atoms with Crippen LogP contribution < -0.4 is 10.6 Å². The van der Waals surface area contributed by atoms with Crippen LogP contribution in [0.3, 0.4) is 0 Å². The summed E-state index contributed by atoms with van der Waals surface area (Å²) >= 11 is 0. The molecule has 101 heavy (non-hydrogen) atoms. The van der Waals surface area contributed by atoms with Crippen molar-refractivity contribution in [2.45, 2.75) is 248 Å². The van der Waals surface area contributed by atoms with E-state index in [-0.39, 0.29) is 69.5 Å². The molecule has 0 saturated carbocycles. The van der Waals surface area contributed by atoms with E-state index in [1.54, 1.807) is 69.5 Å². The van der Waals surface area contributed by atoms with Crippen LogP contribution in [0.25, 0.3) is 0 Å². The van der Waals surface area contributed by atoms with Crippen molar-refractivity contribution in [3.63, 3.8) is 0 Å². The molecule has 580 valence electrons. The Hall–Kier alpha value is -6.32. The first-order valence-electron chi connectivity index (χ1n) is 36.9. The number of nitrogens with zero attached hydrogens (tertiary/aromatic N) is 9. The topological polar surface area (TPSA) is 306 Å². The summed E-state index contributed by atoms with van der Waals surface area (Å²) in [6.07, 6.45) is -0.771. The van der Waals surface area contributed by atoms with Crippen LogP contribution in [-0.4, -0.2) is 296 Å². The highest BCUT2D eigenvalue weighted by Gasteiger charge is 2.47. The summed E-state index contributed by atoms with van der Waals surface area (Å²) in [7, 11) is 13.1. The minimum atomic E-state index is -1.70. The summed E-state index contributed by atoms with van der Waals surface area (Å²) < 4.78 is 17.2. The Morgan fingerprint density at radius 1 is 0.535 bits per heavy atom. The predicted molar refractivity (Wildman–Crippen MR) is 387 cm³/mol. The van der Waals surface area contributed by atoms with Crippen LogP contribution in [0.1, 0.15) is 181 Å². The number of hydrogen-bond acceptors (Lipinski definition) is 17. The molecule has 0 bridgehead atoms. The Morgan fingerprint density at radius 2 is 1.03 bits per heavy atom. The Kier molecular flexibility index (Phi) is 38.7. The molecule has 0 spiro atoms. The SMILES string of the molecule is CC[C@@H]1NC(=O)[C@H]([C@H](O)[C@H](C)CCCCOC(=O)N(C)C)N(C)C(=O)[C@H](C(C)C)N(C)C(=O)[C@H](CC(C)C)N(C)C(=O)[C@H](CC(C)C)N(C)C(=O)[C@@H](C)NC(=O)[C@H](C)CC(=O)[C@H](CC(C)C)N(C)C(=O)[C@H](C(C)C)CC(=O)[C@H]([C@@H](C)OCCCCN2CCOCC2)N(C)C(=O)[C@@H](C)N(C)C1=O. The van der Waals surface area contributed by atoms with Gasteiger partial charge in [0.15, 0.2) is 11.6 Å². The van der Waals surface area contributed by atoms with Crippen LogP contribution in [0.4, 0.5) is 4.79 Å². The monoisotopic (exact) mass is 1430 g/mol. The Balaban J connectivity index is 3.02. The lowest BCUT2D eigenvalue weighted by Gasteiger charge is -2.41. The predicted octanol–water partition coefficient (Wildman–Crippen LogP) is 5.21. The van der Waals surface area contributed by atoms with Crippen LogP contribution in [-0.2, 0) is 67.0 Å². The average Bonchev–Trinajstić information content (AvgIpc) is 0.808. The van der Waals surface area contributed by atoms with E-state index in [0.717, 1.165) is 35.9 Å². The van der Waals surface area contributed by atoms with Gasteiger partial charge in [0.25, 0.3) is 0 Å². The number of amides is 10. The minimum Gasteiger partial charge on any atom is -0.449 e. The van der Waals surface area contributed by atoms with Crippen molar-refractivity contribution in [2.75, 3.05) is 109 Å². The van der Waals surface area contributed by atoms with Gasteiger partial charge in [0.1, 0.15) is 48.3 Å². The maximum Gasteiger partial charge on any atom is 0.409 e. The van der Waals surface area contributed by atoms with E-state index in [4.69, 9.17) is 14.2 Å². The van der Waals surface area contributed by atoms with Crippen molar-refractivity contribution in [1.82, 2.24) is 54.7 Å². The lowest BCUT2D eigenvalue weighted by atomic mass is 9.85. The zero-order valence-electron chi connectivity index (χ0n) is 66.3. The Labute approximate surface area is 604 Å². The molecule has 0 aromatic carbocycles. The van der Waals surface area contributed by atoms with Gasteiger partial charge in [-0.3, -0.25) is 57.6 Å². The van der Waals surface area contributed by atoms with Crippen LogP contribution in [0, 0.1) is 47.3 Å². The number of ketones is 2. The van der Waals surface area contributed by atoms with Gasteiger partial charge in [-0.1, -0.05) is 90.0 Å². The normalized spacial score (nSPS) is 26.6. The molecule has 2 aliphatic rings. The fourth-order valence-electron chi connectivity index (χ4n) is 13.4. The summed E-state index contributed by atoms with van der Waals surface area (Å²) in [5.41, 5.74) is 0. The van der Waals surface area contributed by atoms with E-state index >= 15 is 33.6 Å². The van der Waals surface area contributed by atoms with Gasteiger partial charge in [0.05, 0.1) is 38.1 Å². The fourth-order valence-corrected chi connectivity index (χ4v) is 13.4. The Morgan fingerprint density at radius 3 is 1.54 bits per heavy atom. The average molecular weight is 1430 g/mol. The molecular formula is C74H133N11O16. The molecule has 0 aliphatic carbocycles. The maximum atomic E-state index is 15.5. The van der Waals surface area contributed by atoms with Crippen molar-refractivity contribution < 1.29 is 76.9 Å². The number of rotatable bonds is 23. The number of hydrogen-bond donors (Lipinski definition) is 3. The van der Waals surface area contributed by atoms with Crippen LogP contribution in [0.5, 0.6) is 0 Å². The molecule has 2 rings (SSSR count). The molecule has 2 aliphatic heterocycles. The number of aliphatic hydroxyl groups excluding tert-OH is 1. The van der Waals surface area contributed by atoms with Crippen LogP contribution in [0.2, 0.25) is 0 Å². The first kappa shape index (κ1) is 90.8. The number of nitrogens with one attached hydrogen (secondary N) is 2. The van der Waals surface area contributed by atoms with Crippen molar-refractivity contribution in [3.05, 3.63) is 0 Å². The number of aliphatic hydroxyl groups is 1. The van der Waals surface area contributed by atoms with Crippen molar-refractivity contribution in [2.24, 2.45) is 47.3 Å². The number of likely N-dealkylation sites (N-methyl/N-ethyl adjacent to an activating group) is 7. The van der Waals surface area contributed by atoms with Gasteiger partial charge in [0, 0.05) is 108 Å². The fraction of sp³-hybridized carbons (Fsp3) is 0.838. The van der Waals surface area contributed by atoms with E-state index in [1.807, 2.05) is 41.5 Å². The van der Waals surface area contributed by atoms with Gasteiger partial charge < -0.3 is 69.1 Å². The molecule has 0 aromatic rings. The van der Waals surface area contributed by atoms with Crippen molar-refractivity contribution >= 4 is 70.8 Å². The van der Waals surface area contributed by atoms with Crippen LogP contribution >= 0.6 is 0 Å². The van der Waals surface area contributed by atoms with Gasteiger partial charge in [-0.15, -0.1) is 0 Å². The third kappa shape index (κ3) is 26.7. The molecule has 10 amide bonds. The lowest BCUT2D eigenvalue weighted by Crippen LogP contribution is -2.64. The summed E-state index contributed by atoms with van der Waals surface area (Å²) in [5, 5.41) is 18.0. The van der Waals surface area contributed by atoms with E-state index in [0.29, 0.717) is 38.9 Å². The molecule has 27 nitrogen and oxygen atoms in total. The zero-order valence-corrected chi connectivity index (χ0v) is 66.3. The van der Waals surface area contributed by atoms with E-state index in [2.05, 4.69) is 15.5 Å². The second kappa shape index (κ2) is 43.1. The van der Waals surface area contributed by atoms with Gasteiger partial charge >= 0.3 is 6.09 Å². The number of ether oxygens (including phenoxy) is 3. The number of morpholine rings is 1. The molecule has 14 atom stereocenters. The van der Waals surface area contributed by atoms with Gasteiger partial charge in [-0.2, -0.15) is 0 Å². The molecule has 3 N–H and O–H groups in total. The standard InChI is InChI=1S/C74H133N11O16/c1-26-55-70(94)78(19)52(15)68(92)83(24)62(53(16)100-35-30-28-32-85-33-37-99-38-34-85)60(87)43-54(47(8)9)69(93)79(20)56(39-44(2)3)59(86)42-50(13)65(89)75-51(14)67(91)80(21)57(40-45(4)5)71(95)81(22)58(41-46(6)7)72(96)82(23)61(48(10)11)73(97)84(25)63(66(90)76-55)64(88)49(12)31-27-29-36-101-74(98)77(17)18/h44-58,61-64,88H,26-43H2,1-25H3,(H,75,89)(H,76,90)/t49-,50-,51-,52-,53-,54+,55+,56+,57+,58+,61+,62+,63+,64-/m1/s1. The summed E-state index contributed by atoms with van der Waals surface area (Å²) in [5.74, 6) is -11.3. The highest BCUT2D eigenvalue weighted by Crippen LogP contribution is 2.29. The summed E-state index contributed by atoms with van der Waals surface area (Å²) in [6.45, 7) is 31.8. The van der Waals surface area contributed by atoms with Crippen molar-refractivity contribution in [1.29, 1.82) is 0 Å². The van der Waals surface area contributed by atoms with Gasteiger partial charge in [-0.25, -0.2) is 4.79 Å². The smallest absolute Gasteiger partial charge is 0.409 e. The second-order valence-electron chi connectivity index (χ2n) is 30.8. The Bertz CT molecular complexity index is 2720. The minimum absolute atomic E-state index is 0.0298. The molecule has 0 radical (unpaired) electrons. The largest absolute Gasteiger partial charge is 0.449 e. The lowest BCUT2D eigenvalue weighted by molar-refractivity contribution is -0.157. The third-order valence-corrected chi connectivity index (χ3v) is 20.1. The molecule has 27 heteroatoms. The van der Waals surface area contributed by atoms with E-state index in [9.17, 15) is 29.1 Å².